The number of aromatic amines is 1. The fourth-order valence-corrected chi connectivity index (χ4v) is 3.29. The summed E-state index contributed by atoms with van der Waals surface area (Å²) < 4.78 is 0. The third-order valence-corrected chi connectivity index (χ3v) is 4.54. The minimum Gasteiger partial charge on any atom is -0.478 e. The number of aromatic carboxylic acids is 1. The van der Waals surface area contributed by atoms with Gasteiger partial charge in [0.25, 0.3) is 0 Å². The Bertz CT molecular complexity index is 1310. The van der Waals surface area contributed by atoms with Crippen LogP contribution >= 0.6 is 0 Å². The van der Waals surface area contributed by atoms with Crippen LogP contribution in [0.4, 0.5) is 0 Å². The van der Waals surface area contributed by atoms with Gasteiger partial charge in [-0.15, -0.1) is 0 Å². The molecule has 124 valence electrons. The summed E-state index contributed by atoms with van der Waals surface area (Å²) in [5, 5.41) is 11.0. The maximum Gasteiger partial charge on any atom is 0.335 e. The second-order valence-corrected chi connectivity index (χ2v) is 6.01. The Morgan fingerprint density at radius 2 is 1.62 bits per heavy atom. The van der Waals surface area contributed by atoms with Gasteiger partial charge in [-0.25, -0.2) is 14.8 Å². The first-order chi connectivity index (χ1) is 12.7. The Kier molecular flexibility index (Phi) is 2.99. The molecule has 0 amide bonds. The van der Waals surface area contributed by atoms with E-state index in [9.17, 15) is 4.79 Å². The van der Waals surface area contributed by atoms with Crippen molar-refractivity contribution in [3.05, 3.63) is 66.6 Å². The maximum atomic E-state index is 11.0. The van der Waals surface area contributed by atoms with E-state index in [2.05, 4.69) is 19.9 Å². The van der Waals surface area contributed by atoms with Crippen LogP contribution in [0.5, 0.6) is 0 Å². The molecule has 0 radical (unpaired) electrons. The minimum atomic E-state index is -0.939. The SMILES string of the molecule is O=C(O)c1ccc(-c2ccc3c4ncnc4c4cccnc4c3[nH]2)cc1. The number of carboxylic acid groups (broad SMARTS) is 1. The number of fused-ring (bicyclic) bond motifs is 6. The van der Waals surface area contributed by atoms with Crippen LogP contribution in [0.3, 0.4) is 0 Å². The molecule has 0 unspecified atom stereocenters. The van der Waals surface area contributed by atoms with Crippen LogP contribution in [0.1, 0.15) is 10.4 Å². The summed E-state index contributed by atoms with van der Waals surface area (Å²) in [4.78, 5) is 27.8. The van der Waals surface area contributed by atoms with Crippen molar-refractivity contribution >= 4 is 38.8 Å². The average molecular weight is 340 g/mol. The third-order valence-electron chi connectivity index (χ3n) is 4.54. The molecule has 0 fully saturated rings. The van der Waals surface area contributed by atoms with Crippen molar-refractivity contribution in [1.82, 2.24) is 19.9 Å². The van der Waals surface area contributed by atoms with Crippen molar-refractivity contribution in [1.29, 1.82) is 0 Å². The van der Waals surface area contributed by atoms with Crippen molar-refractivity contribution in [2.45, 2.75) is 0 Å². The zero-order valence-electron chi connectivity index (χ0n) is 13.5. The molecule has 0 aliphatic carbocycles. The van der Waals surface area contributed by atoms with Gasteiger partial charge >= 0.3 is 5.97 Å². The quantitative estimate of drug-likeness (QED) is 0.473. The summed E-state index contributed by atoms with van der Waals surface area (Å²) in [6, 6.07) is 14.6. The average Bonchev–Trinajstić information content (AvgIpc) is 3.18. The first-order valence-electron chi connectivity index (χ1n) is 8.06. The first-order valence-corrected chi connectivity index (χ1v) is 8.06. The smallest absolute Gasteiger partial charge is 0.335 e. The van der Waals surface area contributed by atoms with Gasteiger partial charge in [-0.1, -0.05) is 12.1 Å². The number of carbonyl (C=O) groups is 1. The van der Waals surface area contributed by atoms with Crippen molar-refractivity contribution in [3.63, 3.8) is 0 Å². The second kappa shape index (κ2) is 5.35. The van der Waals surface area contributed by atoms with Crippen LogP contribution in [0.25, 0.3) is 44.1 Å². The highest BCUT2D eigenvalue weighted by atomic mass is 16.4. The first kappa shape index (κ1) is 14.5. The number of benzene rings is 2. The topological polar surface area (TPSA) is 91.8 Å². The lowest BCUT2D eigenvalue weighted by atomic mass is 10.0. The predicted octanol–water partition coefficient (Wildman–Crippen LogP) is 4.02. The maximum absolute atomic E-state index is 11.0. The van der Waals surface area contributed by atoms with E-state index in [1.165, 1.54) is 0 Å². The molecule has 6 heteroatoms. The number of imidazole rings is 1. The summed E-state index contributed by atoms with van der Waals surface area (Å²) in [6.45, 7) is 0. The molecule has 0 bridgehead atoms. The highest BCUT2D eigenvalue weighted by Gasteiger charge is 2.13. The lowest BCUT2D eigenvalue weighted by molar-refractivity contribution is 0.0697. The van der Waals surface area contributed by atoms with Gasteiger partial charge in [0.2, 0.25) is 0 Å². The summed E-state index contributed by atoms with van der Waals surface area (Å²) >= 11 is 0. The molecular weight excluding hydrogens is 328 g/mol. The summed E-state index contributed by atoms with van der Waals surface area (Å²) in [6.07, 6.45) is 3.32. The van der Waals surface area contributed by atoms with Gasteiger partial charge < -0.3 is 10.1 Å². The number of rotatable bonds is 2. The second-order valence-electron chi connectivity index (χ2n) is 6.01. The van der Waals surface area contributed by atoms with Gasteiger partial charge in [-0.05, 0) is 42.0 Å². The zero-order chi connectivity index (χ0) is 17.7. The van der Waals surface area contributed by atoms with Gasteiger partial charge in [0, 0.05) is 22.7 Å². The molecule has 26 heavy (non-hydrogen) atoms. The number of pyridine rings is 2. The van der Waals surface area contributed by atoms with E-state index in [0.29, 0.717) is 0 Å². The summed E-state index contributed by atoms with van der Waals surface area (Å²) in [5.74, 6) is -0.939. The molecule has 0 saturated heterocycles. The van der Waals surface area contributed by atoms with E-state index in [1.807, 2.05) is 24.3 Å². The molecule has 3 aromatic heterocycles. The Balaban J connectivity index is 1.80. The normalized spacial score (nSPS) is 11.4. The van der Waals surface area contributed by atoms with E-state index in [-0.39, 0.29) is 5.56 Å². The van der Waals surface area contributed by atoms with E-state index in [1.54, 1.807) is 36.8 Å². The fraction of sp³-hybridized carbons (Fsp3) is 0. The molecule has 5 rings (SSSR count). The number of H-pyrrole nitrogens is 1. The molecule has 3 heterocycles. The molecule has 0 aliphatic heterocycles. The highest BCUT2D eigenvalue weighted by Crippen LogP contribution is 2.32. The zero-order valence-corrected chi connectivity index (χ0v) is 13.5. The van der Waals surface area contributed by atoms with Crippen LogP contribution in [0.15, 0.2) is 61.1 Å². The lowest BCUT2D eigenvalue weighted by Crippen LogP contribution is -1.95. The number of hydrogen-bond acceptors (Lipinski definition) is 4. The van der Waals surface area contributed by atoms with Crippen molar-refractivity contribution in [3.8, 4) is 11.3 Å². The Labute approximate surface area is 147 Å². The minimum absolute atomic E-state index is 0.260. The lowest BCUT2D eigenvalue weighted by Gasteiger charge is -2.09. The molecule has 2 aromatic carbocycles. The van der Waals surface area contributed by atoms with E-state index >= 15 is 0 Å². The van der Waals surface area contributed by atoms with Gasteiger partial charge in [0.15, 0.2) is 0 Å². The highest BCUT2D eigenvalue weighted by molar-refractivity contribution is 6.20. The predicted molar refractivity (Wildman–Crippen MR) is 99.1 cm³/mol. The molecule has 0 aliphatic rings. The molecule has 2 N–H and O–H groups in total. The van der Waals surface area contributed by atoms with Gasteiger partial charge in [0.1, 0.15) is 17.4 Å². The molecule has 0 spiro atoms. The van der Waals surface area contributed by atoms with E-state index in [4.69, 9.17) is 5.11 Å². The van der Waals surface area contributed by atoms with E-state index in [0.717, 1.165) is 44.1 Å². The van der Waals surface area contributed by atoms with Crippen LogP contribution in [-0.4, -0.2) is 31.0 Å². The molecule has 0 saturated carbocycles. The van der Waals surface area contributed by atoms with E-state index < -0.39 is 5.97 Å². The summed E-state index contributed by atoms with van der Waals surface area (Å²) in [7, 11) is 0. The third kappa shape index (κ3) is 2.05. The van der Waals surface area contributed by atoms with Crippen LogP contribution < -0.4 is 0 Å². The molecule has 5 aromatic rings. The standard InChI is InChI=1S/C20H12N4O2/c25-20(26)12-5-3-11(4-6-12)15-8-7-14-17-16(22-10-23-17)13-2-1-9-21-18(13)19(14)24-15/h1-10,24H,(H,25,26). The monoisotopic (exact) mass is 340 g/mol. The largest absolute Gasteiger partial charge is 0.478 e. The molecule has 6 nitrogen and oxygen atoms in total. The van der Waals surface area contributed by atoms with Crippen molar-refractivity contribution in [2.24, 2.45) is 0 Å². The van der Waals surface area contributed by atoms with Gasteiger partial charge in [-0.2, -0.15) is 0 Å². The molecule has 0 atom stereocenters. The van der Waals surface area contributed by atoms with Crippen LogP contribution in [0.2, 0.25) is 0 Å². The van der Waals surface area contributed by atoms with Crippen LogP contribution in [0, 0.1) is 0 Å². The van der Waals surface area contributed by atoms with Crippen molar-refractivity contribution < 1.29 is 9.90 Å². The van der Waals surface area contributed by atoms with Gasteiger partial charge in [0.05, 0.1) is 16.6 Å². The Morgan fingerprint density at radius 3 is 2.38 bits per heavy atom. The number of nitrogens with zero attached hydrogens (tertiary/aromatic N) is 3. The Morgan fingerprint density at radius 1 is 0.846 bits per heavy atom. The van der Waals surface area contributed by atoms with Gasteiger partial charge in [-0.3, -0.25) is 4.98 Å². The summed E-state index contributed by atoms with van der Waals surface area (Å²) in [5.41, 5.74) is 5.43. The molecular formula is C20H12N4O2. The Hall–Kier alpha value is -3.80. The van der Waals surface area contributed by atoms with Crippen LogP contribution in [-0.2, 0) is 0 Å². The number of aromatic nitrogens is 4. The number of carboxylic acids is 1. The number of nitrogens with one attached hydrogen (secondary N) is 1. The van der Waals surface area contributed by atoms with Crippen molar-refractivity contribution in [2.75, 3.05) is 0 Å². The fourth-order valence-electron chi connectivity index (χ4n) is 3.29. The number of hydrogen-bond donors (Lipinski definition) is 2.